The van der Waals surface area contributed by atoms with Gasteiger partial charge in [0.1, 0.15) is 5.75 Å². The molecule has 2 aromatic carbocycles. The Balaban J connectivity index is 1.76. The number of nitrogens with zero attached hydrogens (tertiary/aromatic N) is 1. The summed E-state index contributed by atoms with van der Waals surface area (Å²) in [6.07, 6.45) is 1.38. The molecular formula is C20H19BrN2O5S. The molecule has 0 aliphatic rings. The number of ether oxygens (including phenoxy) is 3. The normalized spacial score (nSPS) is 11.0. The van der Waals surface area contributed by atoms with Gasteiger partial charge in [-0.3, -0.25) is 4.72 Å². The van der Waals surface area contributed by atoms with Gasteiger partial charge in [0.25, 0.3) is 10.0 Å². The predicted octanol–water partition coefficient (Wildman–Crippen LogP) is 4.76. The quantitative estimate of drug-likeness (QED) is 0.526. The second kappa shape index (κ2) is 8.71. The maximum atomic E-state index is 12.6. The number of sulfonamides is 1. The van der Waals surface area contributed by atoms with Crippen molar-refractivity contribution in [3.05, 3.63) is 64.8 Å². The zero-order valence-electron chi connectivity index (χ0n) is 16.0. The van der Waals surface area contributed by atoms with Crippen molar-refractivity contribution >= 4 is 31.6 Å². The molecule has 0 amide bonds. The highest BCUT2D eigenvalue weighted by molar-refractivity contribution is 9.10. The van der Waals surface area contributed by atoms with Gasteiger partial charge in [-0.1, -0.05) is 6.07 Å². The number of pyridine rings is 1. The third-order valence-corrected chi connectivity index (χ3v) is 5.95. The first kappa shape index (κ1) is 20.9. The average Bonchev–Trinajstić information content (AvgIpc) is 2.70. The van der Waals surface area contributed by atoms with Gasteiger partial charge < -0.3 is 14.2 Å². The van der Waals surface area contributed by atoms with Gasteiger partial charge in [0.05, 0.1) is 35.5 Å². The van der Waals surface area contributed by atoms with Gasteiger partial charge in [-0.15, -0.1) is 0 Å². The molecular weight excluding hydrogens is 460 g/mol. The third kappa shape index (κ3) is 4.99. The van der Waals surface area contributed by atoms with Crippen LogP contribution in [-0.2, 0) is 10.0 Å². The highest BCUT2D eigenvalue weighted by Crippen LogP contribution is 2.32. The number of hydrogen-bond acceptors (Lipinski definition) is 6. The summed E-state index contributed by atoms with van der Waals surface area (Å²) in [6, 6.07) is 13.2. The van der Waals surface area contributed by atoms with Crippen LogP contribution in [0.25, 0.3) is 0 Å². The van der Waals surface area contributed by atoms with Crippen molar-refractivity contribution in [1.29, 1.82) is 0 Å². The maximum absolute atomic E-state index is 12.6. The molecule has 0 unspecified atom stereocenters. The molecule has 1 heterocycles. The zero-order chi connectivity index (χ0) is 21.0. The van der Waals surface area contributed by atoms with E-state index in [1.54, 1.807) is 31.4 Å². The lowest BCUT2D eigenvalue weighted by Crippen LogP contribution is -2.13. The van der Waals surface area contributed by atoms with Gasteiger partial charge in [0, 0.05) is 6.07 Å². The van der Waals surface area contributed by atoms with Crippen molar-refractivity contribution in [1.82, 2.24) is 4.98 Å². The summed E-state index contributed by atoms with van der Waals surface area (Å²) >= 11 is 3.29. The first-order valence-electron chi connectivity index (χ1n) is 8.47. The van der Waals surface area contributed by atoms with E-state index in [4.69, 9.17) is 14.2 Å². The van der Waals surface area contributed by atoms with Crippen LogP contribution in [0.4, 0.5) is 5.69 Å². The Morgan fingerprint density at radius 1 is 0.931 bits per heavy atom. The zero-order valence-corrected chi connectivity index (χ0v) is 18.4. The van der Waals surface area contributed by atoms with Gasteiger partial charge in [-0.05, 0) is 64.8 Å². The number of nitrogens with one attached hydrogen (secondary N) is 1. The first-order chi connectivity index (χ1) is 13.8. The molecule has 1 N–H and O–H groups in total. The maximum Gasteiger partial charge on any atom is 0.261 e. The van der Waals surface area contributed by atoms with Crippen molar-refractivity contribution in [2.24, 2.45) is 0 Å². The topological polar surface area (TPSA) is 86.8 Å². The number of benzene rings is 2. The summed E-state index contributed by atoms with van der Waals surface area (Å²) in [5.74, 6) is 1.95. The lowest BCUT2D eigenvalue weighted by atomic mass is 10.2. The minimum atomic E-state index is -3.78. The Morgan fingerprint density at radius 3 is 2.28 bits per heavy atom. The number of methoxy groups -OCH3 is 2. The molecule has 7 nitrogen and oxygen atoms in total. The van der Waals surface area contributed by atoms with E-state index >= 15 is 0 Å². The Hall–Kier alpha value is -2.78. The number of hydrogen-bond donors (Lipinski definition) is 1. The van der Waals surface area contributed by atoms with Gasteiger partial charge in [0.2, 0.25) is 5.88 Å². The van der Waals surface area contributed by atoms with Crippen molar-refractivity contribution in [3.8, 4) is 23.1 Å². The molecule has 0 atom stereocenters. The van der Waals surface area contributed by atoms with Crippen molar-refractivity contribution < 1.29 is 22.6 Å². The summed E-state index contributed by atoms with van der Waals surface area (Å²) in [5.41, 5.74) is 1.34. The van der Waals surface area contributed by atoms with Crippen LogP contribution in [0.1, 0.15) is 5.56 Å². The van der Waals surface area contributed by atoms with Crippen LogP contribution in [0.15, 0.2) is 64.1 Å². The van der Waals surface area contributed by atoms with Crippen LogP contribution >= 0.6 is 15.9 Å². The van der Waals surface area contributed by atoms with Gasteiger partial charge >= 0.3 is 0 Å². The van der Waals surface area contributed by atoms with Gasteiger partial charge in [-0.25, -0.2) is 13.4 Å². The second-order valence-corrected chi connectivity index (χ2v) is 8.58. The molecule has 29 heavy (non-hydrogen) atoms. The van der Waals surface area contributed by atoms with Gasteiger partial charge in [0.15, 0.2) is 11.5 Å². The number of aromatic nitrogens is 1. The minimum Gasteiger partial charge on any atom is -0.496 e. The highest BCUT2D eigenvalue weighted by atomic mass is 79.9. The fourth-order valence-corrected chi connectivity index (χ4v) is 4.26. The van der Waals surface area contributed by atoms with E-state index in [1.165, 1.54) is 25.4 Å². The Morgan fingerprint density at radius 2 is 1.66 bits per heavy atom. The lowest BCUT2D eigenvalue weighted by molar-refractivity contribution is 0.374. The second-order valence-electron chi connectivity index (χ2n) is 6.04. The van der Waals surface area contributed by atoms with Crippen LogP contribution < -0.4 is 18.9 Å². The van der Waals surface area contributed by atoms with Gasteiger partial charge in [-0.2, -0.15) is 0 Å². The van der Waals surface area contributed by atoms with Crippen LogP contribution in [0.3, 0.4) is 0 Å². The molecule has 0 fully saturated rings. The Bertz CT molecular complexity index is 1120. The number of anilines is 1. The molecule has 0 aliphatic heterocycles. The Kier molecular flexibility index (Phi) is 6.29. The summed E-state index contributed by atoms with van der Waals surface area (Å²) in [4.78, 5) is 4.25. The van der Waals surface area contributed by atoms with Crippen molar-refractivity contribution in [2.45, 2.75) is 11.8 Å². The summed E-state index contributed by atoms with van der Waals surface area (Å²) in [7, 11) is -0.716. The summed E-state index contributed by atoms with van der Waals surface area (Å²) in [6.45, 7) is 1.95. The van der Waals surface area contributed by atoms with Crippen LogP contribution in [0, 0.1) is 6.92 Å². The van der Waals surface area contributed by atoms with Crippen LogP contribution in [-0.4, -0.2) is 27.6 Å². The molecule has 1 aromatic heterocycles. The fraction of sp³-hybridized carbons (Fsp3) is 0.150. The van der Waals surface area contributed by atoms with Crippen LogP contribution in [0.2, 0.25) is 0 Å². The van der Waals surface area contributed by atoms with E-state index in [0.717, 1.165) is 5.56 Å². The monoisotopic (exact) mass is 478 g/mol. The predicted molar refractivity (Wildman–Crippen MR) is 114 cm³/mol. The molecule has 9 heteroatoms. The molecule has 152 valence electrons. The minimum absolute atomic E-state index is 0.0925. The standard InChI is InChI=1S/C20H19BrN2O5S/c1-13-4-7-18(19(10-13)27-3)28-20-9-5-14(12-22-20)23-29(24,25)15-6-8-17(26-2)16(21)11-15/h4-12,23H,1-3H3. The number of aryl methyl sites for hydroxylation is 1. The number of rotatable bonds is 7. The van der Waals surface area contributed by atoms with E-state index in [0.29, 0.717) is 33.3 Å². The first-order valence-corrected chi connectivity index (χ1v) is 10.7. The van der Waals surface area contributed by atoms with Crippen LogP contribution in [0.5, 0.6) is 23.1 Å². The van der Waals surface area contributed by atoms with E-state index in [2.05, 4.69) is 25.6 Å². The molecule has 0 aliphatic carbocycles. The smallest absolute Gasteiger partial charge is 0.261 e. The highest BCUT2D eigenvalue weighted by Gasteiger charge is 2.16. The average molecular weight is 479 g/mol. The molecule has 0 saturated heterocycles. The lowest BCUT2D eigenvalue weighted by Gasteiger charge is -2.12. The van der Waals surface area contributed by atoms with Crippen molar-refractivity contribution in [3.63, 3.8) is 0 Å². The van der Waals surface area contributed by atoms with Crippen molar-refractivity contribution in [2.75, 3.05) is 18.9 Å². The van der Waals surface area contributed by atoms with E-state index in [-0.39, 0.29) is 4.90 Å². The molecule has 0 saturated carbocycles. The molecule has 0 bridgehead atoms. The largest absolute Gasteiger partial charge is 0.496 e. The Labute approximate surface area is 177 Å². The fourth-order valence-electron chi connectivity index (χ4n) is 2.50. The number of halogens is 1. The molecule has 3 aromatic rings. The molecule has 3 rings (SSSR count). The summed E-state index contributed by atoms with van der Waals surface area (Å²) < 4.78 is 44.4. The van der Waals surface area contributed by atoms with E-state index in [9.17, 15) is 8.42 Å². The molecule has 0 spiro atoms. The van der Waals surface area contributed by atoms with E-state index < -0.39 is 10.0 Å². The SMILES string of the molecule is COc1ccc(S(=O)(=O)Nc2ccc(Oc3ccc(C)cc3OC)nc2)cc1Br. The third-order valence-electron chi connectivity index (χ3n) is 3.96. The summed E-state index contributed by atoms with van der Waals surface area (Å²) in [5, 5.41) is 0. The van der Waals surface area contributed by atoms with E-state index in [1.807, 2.05) is 19.1 Å². The molecule has 0 radical (unpaired) electrons.